The average Bonchev–Trinajstić information content (AvgIpc) is 2.90. The second-order valence-electron chi connectivity index (χ2n) is 4.40. The second-order valence-corrected chi connectivity index (χ2v) is 5.58. The van der Waals surface area contributed by atoms with Crippen molar-refractivity contribution in [3.8, 4) is 11.4 Å². The number of carbonyl (C=O) groups is 1. The molecule has 10 heteroatoms. The predicted molar refractivity (Wildman–Crippen MR) is 83.0 cm³/mol. The second kappa shape index (κ2) is 5.31. The summed E-state index contributed by atoms with van der Waals surface area (Å²) in [6.45, 7) is 0. The lowest BCUT2D eigenvalue weighted by molar-refractivity contribution is 0.0697. The summed E-state index contributed by atoms with van der Waals surface area (Å²) in [6, 6.07) is 2.67. The van der Waals surface area contributed by atoms with Crippen LogP contribution in [0.15, 0.2) is 18.5 Å². The van der Waals surface area contributed by atoms with Crippen molar-refractivity contribution in [3.05, 3.63) is 38.8 Å². The summed E-state index contributed by atoms with van der Waals surface area (Å²) in [5, 5.41) is 13.9. The molecule has 0 atom stereocenters. The van der Waals surface area contributed by atoms with Crippen LogP contribution in [0.25, 0.3) is 17.2 Å². The molecule has 2 heterocycles. The molecular weight excluding hydrogens is 349 g/mol. The quantitative estimate of drug-likeness (QED) is 0.711. The highest BCUT2D eigenvalue weighted by Crippen LogP contribution is 2.31. The van der Waals surface area contributed by atoms with Gasteiger partial charge >= 0.3 is 5.97 Å². The molecule has 2 aromatic heterocycles. The Kier molecular flexibility index (Phi) is 3.59. The van der Waals surface area contributed by atoms with Crippen LogP contribution in [-0.4, -0.2) is 35.2 Å². The lowest BCUT2D eigenvalue weighted by Gasteiger charge is -2.04. The van der Waals surface area contributed by atoms with Crippen molar-refractivity contribution in [1.29, 1.82) is 0 Å². The summed E-state index contributed by atoms with van der Waals surface area (Å²) in [5.74, 6) is -0.745. The molecule has 0 aliphatic carbocycles. The SMILES string of the molecule is Cn1cnc2nc(-c3cc(Cl)c(Cl)cc3C(=O)O)nn2c1=S. The van der Waals surface area contributed by atoms with Gasteiger partial charge in [0.25, 0.3) is 5.78 Å². The summed E-state index contributed by atoms with van der Waals surface area (Å²) in [6.07, 6.45) is 1.50. The van der Waals surface area contributed by atoms with Gasteiger partial charge in [-0.25, -0.2) is 9.78 Å². The number of hydrogen-bond acceptors (Lipinski definition) is 5. The van der Waals surface area contributed by atoms with Crippen molar-refractivity contribution < 1.29 is 9.90 Å². The van der Waals surface area contributed by atoms with Crippen molar-refractivity contribution in [2.24, 2.45) is 7.05 Å². The molecule has 3 rings (SSSR count). The van der Waals surface area contributed by atoms with Crippen LogP contribution in [0, 0.1) is 4.77 Å². The van der Waals surface area contributed by atoms with Gasteiger partial charge in [0, 0.05) is 12.6 Å². The normalized spacial score (nSPS) is 11.0. The van der Waals surface area contributed by atoms with E-state index >= 15 is 0 Å². The molecule has 0 aliphatic heterocycles. The minimum absolute atomic E-state index is 0.0550. The minimum Gasteiger partial charge on any atom is -0.478 e. The monoisotopic (exact) mass is 355 g/mol. The molecule has 112 valence electrons. The van der Waals surface area contributed by atoms with E-state index in [0.717, 1.165) is 0 Å². The van der Waals surface area contributed by atoms with Crippen LogP contribution in [0.2, 0.25) is 10.0 Å². The molecule has 0 fully saturated rings. The smallest absolute Gasteiger partial charge is 0.336 e. The Labute approximate surface area is 138 Å². The number of aromatic nitrogens is 5. The van der Waals surface area contributed by atoms with Crippen LogP contribution in [0.4, 0.5) is 0 Å². The summed E-state index contributed by atoms with van der Waals surface area (Å²) in [7, 11) is 1.72. The van der Waals surface area contributed by atoms with Gasteiger partial charge in [-0.1, -0.05) is 23.2 Å². The van der Waals surface area contributed by atoms with Gasteiger partial charge in [0.1, 0.15) is 6.33 Å². The standard InChI is InChI=1S/C12H7Cl2N5O2S/c1-18-4-15-11-16-9(17-19(11)12(18)22)5-2-7(13)8(14)3-6(5)10(20)21/h2-4H,1H3,(H,20,21). The van der Waals surface area contributed by atoms with Crippen LogP contribution in [0.1, 0.15) is 10.4 Å². The van der Waals surface area contributed by atoms with Gasteiger partial charge in [-0.15, -0.1) is 5.10 Å². The number of carboxylic acids is 1. The van der Waals surface area contributed by atoms with Crippen molar-refractivity contribution in [2.45, 2.75) is 0 Å². The fourth-order valence-corrected chi connectivity index (χ4v) is 2.37. The molecule has 0 saturated carbocycles. The number of nitrogens with zero attached hydrogens (tertiary/aromatic N) is 5. The zero-order valence-electron chi connectivity index (χ0n) is 11.0. The minimum atomic E-state index is -1.16. The van der Waals surface area contributed by atoms with Gasteiger partial charge in [0.15, 0.2) is 5.82 Å². The van der Waals surface area contributed by atoms with Gasteiger partial charge < -0.3 is 9.67 Å². The number of aryl methyl sites for hydroxylation is 1. The topological polar surface area (TPSA) is 85.3 Å². The Bertz CT molecular complexity index is 982. The van der Waals surface area contributed by atoms with Crippen LogP contribution >= 0.6 is 35.4 Å². The van der Waals surface area contributed by atoms with E-state index in [1.54, 1.807) is 11.6 Å². The van der Waals surface area contributed by atoms with E-state index in [1.165, 1.54) is 23.0 Å². The first-order valence-corrected chi connectivity index (χ1v) is 7.06. The van der Waals surface area contributed by atoms with Crippen LogP contribution < -0.4 is 0 Å². The third kappa shape index (κ3) is 2.35. The highest BCUT2D eigenvalue weighted by atomic mass is 35.5. The average molecular weight is 356 g/mol. The third-order valence-electron chi connectivity index (χ3n) is 2.95. The Morgan fingerprint density at radius 2 is 2.00 bits per heavy atom. The van der Waals surface area contributed by atoms with E-state index in [-0.39, 0.29) is 32.8 Å². The highest BCUT2D eigenvalue weighted by molar-refractivity contribution is 7.71. The van der Waals surface area contributed by atoms with E-state index < -0.39 is 5.97 Å². The van der Waals surface area contributed by atoms with Gasteiger partial charge in [-0.2, -0.15) is 9.50 Å². The number of fused-ring (bicyclic) bond motifs is 1. The lowest BCUT2D eigenvalue weighted by Crippen LogP contribution is -2.03. The van der Waals surface area contributed by atoms with Crippen LogP contribution in [-0.2, 0) is 7.05 Å². The summed E-state index contributed by atoms with van der Waals surface area (Å²) >= 11 is 17.0. The van der Waals surface area contributed by atoms with Crippen molar-refractivity contribution in [1.82, 2.24) is 24.1 Å². The first kappa shape index (κ1) is 14.9. The van der Waals surface area contributed by atoms with E-state index in [0.29, 0.717) is 4.77 Å². The Morgan fingerprint density at radius 3 is 2.68 bits per heavy atom. The molecule has 0 unspecified atom stereocenters. The predicted octanol–water partition coefficient (Wildman–Crippen LogP) is 2.86. The highest BCUT2D eigenvalue weighted by Gasteiger charge is 2.19. The first-order valence-electron chi connectivity index (χ1n) is 5.89. The third-order valence-corrected chi connectivity index (χ3v) is 4.13. The molecule has 0 amide bonds. The maximum absolute atomic E-state index is 11.4. The molecule has 1 N–H and O–H groups in total. The number of benzene rings is 1. The van der Waals surface area contributed by atoms with Gasteiger partial charge in [-0.3, -0.25) is 0 Å². The maximum atomic E-state index is 11.4. The van der Waals surface area contributed by atoms with Gasteiger partial charge in [0.05, 0.1) is 15.6 Å². The fraction of sp³-hybridized carbons (Fsp3) is 0.0833. The number of aromatic carboxylic acids is 1. The van der Waals surface area contributed by atoms with Crippen molar-refractivity contribution in [3.63, 3.8) is 0 Å². The Hall–Kier alpha value is -2.03. The molecule has 3 aromatic rings. The zero-order valence-corrected chi connectivity index (χ0v) is 13.3. The van der Waals surface area contributed by atoms with E-state index in [2.05, 4.69) is 15.1 Å². The summed E-state index contributed by atoms with van der Waals surface area (Å²) in [5.41, 5.74) is 0.185. The molecule has 0 aliphatic rings. The fourth-order valence-electron chi connectivity index (χ4n) is 1.88. The molecule has 7 nitrogen and oxygen atoms in total. The Morgan fingerprint density at radius 1 is 1.32 bits per heavy atom. The van der Waals surface area contributed by atoms with Gasteiger partial charge in [-0.05, 0) is 24.4 Å². The number of carboxylic acid groups (broad SMARTS) is 1. The largest absolute Gasteiger partial charge is 0.478 e. The number of hydrogen-bond donors (Lipinski definition) is 1. The summed E-state index contributed by atoms with van der Waals surface area (Å²) in [4.78, 5) is 19.7. The molecular formula is C12H7Cl2N5O2S. The van der Waals surface area contributed by atoms with Gasteiger partial charge in [0.2, 0.25) is 4.77 Å². The molecule has 0 spiro atoms. The zero-order chi connectivity index (χ0) is 16.0. The number of halogens is 2. The molecule has 1 aromatic carbocycles. The molecule has 22 heavy (non-hydrogen) atoms. The first-order chi connectivity index (χ1) is 10.4. The molecule has 0 bridgehead atoms. The lowest BCUT2D eigenvalue weighted by atomic mass is 10.1. The van der Waals surface area contributed by atoms with E-state index in [1.807, 2.05) is 0 Å². The van der Waals surface area contributed by atoms with Crippen molar-refractivity contribution in [2.75, 3.05) is 0 Å². The Balaban J connectivity index is 2.32. The summed E-state index contributed by atoms with van der Waals surface area (Å²) < 4.78 is 3.31. The van der Waals surface area contributed by atoms with Crippen LogP contribution in [0.3, 0.4) is 0 Å². The van der Waals surface area contributed by atoms with E-state index in [9.17, 15) is 9.90 Å². The maximum Gasteiger partial charge on any atom is 0.336 e. The van der Waals surface area contributed by atoms with E-state index in [4.69, 9.17) is 35.4 Å². The molecule has 0 radical (unpaired) electrons. The van der Waals surface area contributed by atoms with Crippen molar-refractivity contribution >= 4 is 47.2 Å². The van der Waals surface area contributed by atoms with Crippen LogP contribution in [0.5, 0.6) is 0 Å². The molecule has 0 saturated heterocycles. The number of rotatable bonds is 2.